The van der Waals surface area contributed by atoms with Crippen LogP contribution >= 0.6 is 0 Å². The third kappa shape index (κ3) is 4.88. The van der Waals surface area contributed by atoms with E-state index < -0.39 is 17.6 Å². The summed E-state index contributed by atoms with van der Waals surface area (Å²) >= 11 is 0. The molecule has 0 heterocycles. The number of hydrogen-bond acceptors (Lipinski definition) is 2. The molecule has 3 rings (SSSR count). The number of hydrogen-bond donors (Lipinski definition) is 2. The molecule has 0 aliphatic rings. The first-order valence-corrected chi connectivity index (χ1v) is 8.17. The zero-order chi connectivity index (χ0) is 19.4. The minimum absolute atomic E-state index is 0.00819. The van der Waals surface area contributed by atoms with Gasteiger partial charge in [-0.2, -0.15) is 13.2 Å². The number of nitrogens with one attached hydrogen (secondary N) is 1. The monoisotopic (exact) mass is 371 g/mol. The van der Waals surface area contributed by atoms with E-state index in [1.54, 1.807) is 12.1 Å². The van der Waals surface area contributed by atoms with E-state index in [4.69, 9.17) is 0 Å². The molecule has 0 atom stereocenters. The topological polar surface area (TPSA) is 49.3 Å². The summed E-state index contributed by atoms with van der Waals surface area (Å²) in [7, 11) is 0. The van der Waals surface area contributed by atoms with Crippen molar-refractivity contribution < 1.29 is 23.1 Å². The molecule has 3 aromatic rings. The fraction of sp³-hybridized carbons (Fsp3) is 0.0952. The Morgan fingerprint density at radius 3 is 2.19 bits per heavy atom. The number of benzene rings is 3. The summed E-state index contributed by atoms with van der Waals surface area (Å²) in [6.45, 7) is 0. The van der Waals surface area contributed by atoms with Gasteiger partial charge >= 0.3 is 6.18 Å². The number of aromatic hydroxyl groups is 1. The first-order valence-electron chi connectivity index (χ1n) is 8.17. The van der Waals surface area contributed by atoms with E-state index in [2.05, 4.69) is 5.32 Å². The third-order valence-electron chi connectivity index (χ3n) is 3.96. The maximum Gasteiger partial charge on any atom is 0.416 e. The van der Waals surface area contributed by atoms with E-state index in [-0.39, 0.29) is 11.3 Å². The van der Waals surface area contributed by atoms with Crippen LogP contribution in [0.2, 0.25) is 0 Å². The number of amides is 1. The third-order valence-corrected chi connectivity index (χ3v) is 3.96. The van der Waals surface area contributed by atoms with Crippen LogP contribution < -0.4 is 5.32 Å². The highest BCUT2D eigenvalue weighted by atomic mass is 19.4. The molecule has 0 aliphatic heterocycles. The number of rotatable bonds is 4. The summed E-state index contributed by atoms with van der Waals surface area (Å²) in [4.78, 5) is 12.3. The Balaban J connectivity index is 1.76. The average Bonchev–Trinajstić information content (AvgIpc) is 2.61. The summed E-state index contributed by atoms with van der Waals surface area (Å²) in [5.74, 6) is -0.564. The van der Waals surface area contributed by atoms with Crippen LogP contribution in [0.3, 0.4) is 0 Å². The summed E-state index contributed by atoms with van der Waals surface area (Å²) in [5.41, 5.74) is 1.48. The highest BCUT2D eigenvalue weighted by Crippen LogP contribution is 2.29. The molecule has 0 radical (unpaired) electrons. The summed E-state index contributed by atoms with van der Waals surface area (Å²) < 4.78 is 37.8. The van der Waals surface area contributed by atoms with Gasteiger partial charge in [-0.05, 0) is 53.9 Å². The van der Waals surface area contributed by atoms with E-state index in [1.807, 2.05) is 30.3 Å². The van der Waals surface area contributed by atoms with Crippen molar-refractivity contribution in [2.24, 2.45) is 0 Å². The van der Waals surface area contributed by atoms with Crippen LogP contribution in [0.15, 0.2) is 72.8 Å². The van der Waals surface area contributed by atoms with E-state index in [9.17, 15) is 23.1 Å². The lowest BCUT2D eigenvalue weighted by molar-refractivity contribution is -0.137. The minimum atomic E-state index is -4.45. The molecule has 0 saturated carbocycles. The molecular formula is C21H16F3NO2. The van der Waals surface area contributed by atoms with Crippen LogP contribution in [0, 0.1) is 0 Å². The smallest absolute Gasteiger partial charge is 0.416 e. The second-order valence-electron chi connectivity index (χ2n) is 6.08. The lowest BCUT2D eigenvalue weighted by atomic mass is 10.0. The van der Waals surface area contributed by atoms with Crippen molar-refractivity contribution in [2.45, 2.75) is 12.6 Å². The fourth-order valence-electron chi connectivity index (χ4n) is 2.69. The number of alkyl halides is 3. The van der Waals surface area contributed by atoms with Gasteiger partial charge in [-0.15, -0.1) is 0 Å². The van der Waals surface area contributed by atoms with Crippen LogP contribution in [-0.4, -0.2) is 11.0 Å². The zero-order valence-electron chi connectivity index (χ0n) is 14.1. The molecular weight excluding hydrogens is 355 g/mol. The molecule has 27 heavy (non-hydrogen) atoms. The Hall–Kier alpha value is -3.28. The lowest BCUT2D eigenvalue weighted by Gasteiger charge is -2.10. The van der Waals surface area contributed by atoms with Gasteiger partial charge in [-0.25, -0.2) is 0 Å². The van der Waals surface area contributed by atoms with Crippen LogP contribution in [0.25, 0.3) is 0 Å². The van der Waals surface area contributed by atoms with Gasteiger partial charge in [0, 0.05) is 17.3 Å². The highest BCUT2D eigenvalue weighted by Gasteiger charge is 2.30. The maximum absolute atomic E-state index is 12.6. The van der Waals surface area contributed by atoms with Crippen LogP contribution in [0.5, 0.6) is 5.75 Å². The first-order chi connectivity index (χ1) is 12.8. The Morgan fingerprint density at radius 2 is 1.56 bits per heavy atom. The molecule has 6 heteroatoms. The van der Waals surface area contributed by atoms with Crippen molar-refractivity contribution >= 4 is 11.6 Å². The van der Waals surface area contributed by atoms with Crippen LogP contribution in [-0.2, 0) is 12.6 Å². The Labute approximate surface area is 154 Å². The molecule has 3 nitrogen and oxygen atoms in total. The normalized spacial score (nSPS) is 11.2. The predicted octanol–water partition coefficient (Wildman–Crippen LogP) is 5.25. The quantitative estimate of drug-likeness (QED) is 0.658. The molecule has 0 bridgehead atoms. The van der Waals surface area contributed by atoms with Crippen molar-refractivity contribution in [3.63, 3.8) is 0 Å². The van der Waals surface area contributed by atoms with Crippen molar-refractivity contribution in [3.05, 3.63) is 95.1 Å². The van der Waals surface area contributed by atoms with Gasteiger partial charge in [0.15, 0.2) is 0 Å². The summed E-state index contributed by atoms with van der Waals surface area (Å²) in [5, 5.41) is 12.5. The number of carbonyl (C=O) groups excluding carboxylic acids is 1. The Kier molecular flexibility index (Phi) is 5.16. The predicted molar refractivity (Wildman–Crippen MR) is 96.8 cm³/mol. The van der Waals surface area contributed by atoms with Crippen molar-refractivity contribution in [1.82, 2.24) is 0 Å². The molecule has 0 fully saturated rings. The van der Waals surface area contributed by atoms with E-state index in [0.717, 1.165) is 35.4 Å². The van der Waals surface area contributed by atoms with Crippen LogP contribution in [0.1, 0.15) is 27.0 Å². The van der Waals surface area contributed by atoms with Gasteiger partial charge < -0.3 is 10.4 Å². The van der Waals surface area contributed by atoms with Gasteiger partial charge in [-0.1, -0.05) is 30.3 Å². The first kappa shape index (κ1) is 18.5. The Bertz CT molecular complexity index is 936. The molecule has 2 N–H and O–H groups in total. The molecule has 0 aliphatic carbocycles. The fourth-order valence-corrected chi connectivity index (χ4v) is 2.69. The molecule has 0 spiro atoms. The maximum atomic E-state index is 12.6. The second-order valence-corrected chi connectivity index (χ2v) is 6.08. The molecule has 0 unspecified atom stereocenters. The molecule has 138 valence electrons. The highest BCUT2D eigenvalue weighted by molar-refractivity contribution is 6.04. The Morgan fingerprint density at radius 1 is 0.889 bits per heavy atom. The van der Waals surface area contributed by atoms with E-state index in [0.29, 0.717) is 12.1 Å². The average molecular weight is 371 g/mol. The summed E-state index contributed by atoms with van der Waals surface area (Å²) in [6, 6.07) is 18.3. The SMILES string of the molecule is O=C(Nc1cc(O)cc(Cc2ccccc2)c1)c1ccc(C(F)(F)F)cc1. The number of carbonyl (C=O) groups is 1. The molecule has 0 aromatic heterocycles. The molecule has 3 aromatic carbocycles. The van der Waals surface area contributed by atoms with Crippen molar-refractivity contribution in [2.75, 3.05) is 5.32 Å². The minimum Gasteiger partial charge on any atom is -0.508 e. The number of halogens is 3. The number of phenols is 1. The van der Waals surface area contributed by atoms with Gasteiger partial charge in [0.1, 0.15) is 5.75 Å². The largest absolute Gasteiger partial charge is 0.508 e. The standard InChI is InChI=1S/C21H16F3NO2/c22-21(23,24)17-8-6-16(7-9-17)20(27)25-18-11-15(12-19(26)13-18)10-14-4-2-1-3-5-14/h1-9,11-13,26H,10H2,(H,25,27). The molecule has 0 saturated heterocycles. The van der Waals surface area contributed by atoms with Gasteiger partial charge in [0.25, 0.3) is 5.91 Å². The van der Waals surface area contributed by atoms with E-state index >= 15 is 0 Å². The molecule has 1 amide bonds. The van der Waals surface area contributed by atoms with Crippen molar-refractivity contribution in [1.29, 1.82) is 0 Å². The number of phenolic OH excluding ortho intramolecular Hbond substituents is 1. The van der Waals surface area contributed by atoms with E-state index in [1.165, 1.54) is 6.07 Å². The number of anilines is 1. The summed E-state index contributed by atoms with van der Waals surface area (Å²) in [6.07, 6.45) is -3.88. The van der Waals surface area contributed by atoms with Gasteiger partial charge in [0.05, 0.1) is 5.56 Å². The van der Waals surface area contributed by atoms with Gasteiger partial charge in [-0.3, -0.25) is 4.79 Å². The van der Waals surface area contributed by atoms with Crippen molar-refractivity contribution in [3.8, 4) is 5.75 Å². The lowest BCUT2D eigenvalue weighted by Crippen LogP contribution is -2.13. The second kappa shape index (κ2) is 7.53. The van der Waals surface area contributed by atoms with Crippen LogP contribution in [0.4, 0.5) is 18.9 Å². The van der Waals surface area contributed by atoms with Gasteiger partial charge in [0.2, 0.25) is 0 Å². The zero-order valence-corrected chi connectivity index (χ0v) is 14.1.